The number of hydrogen-bond donors (Lipinski definition) is 4. The van der Waals surface area contributed by atoms with Crippen LogP contribution in [-0.2, 0) is 20.0 Å². The van der Waals surface area contributed by atoms with Crippen LogP contribution in [0.1, 0.15) is 6.92 Å². The minimum Gasteiger partial charge on any atom is -0.506 e. The van der Waals surface area contributed by atoms with Gasteiger partial charge in [0.25, 0.3) is 10.1 Å². The highest BCUT2D eigenvalue weighted by molar-refractivity contribution is 7.91. The average Bonchev–Trinajstić information content (AvgIpc) is 2.95. The predicted octanol–water partition coefficient (Wildman–Crippen LogP) is 6.14. The molecule has 4 aromatic rings. The van der Waals surface area contributed by atoms with Crippen LogP contribution in [-0.4, -0.2) is 50.3 Å². The van der Waals surface area contributed by atoms with Gasteiger partial charge in [-0.15, -0.1) is 15.3 Å². The number of ether oxygens (including phenoxy) is 1. The molecule has 4 rings (SSSR count). The molecule has 0 unspecified atom stereocenters. The first-order valence-electron chi connectivity index (χ1n) is 11.9. The summed E-state index contributed by atoms with van der Waals surface area (Å²) in [7, 11) is -6.33. The first kappa shape index (κ1) is 29.4. The van der Waals surface area contributed by atoms with Crippen LogP contribution < -0.4 is 10.1 Å². The third-order valence-electron chi connectivity index (χ3n) is 5.86. The lowest BCUT2D eigenvalue weighted by atomic mass is 10.1. The van der Waals surface area contributed by atoms with E-state index in [2.05, 4.69) is 25.8 Å². The maximum Gasteiger partial charge on any atom is 0.283 e. The van der Waals surface area contributed by atoms with Gasteiger partial charge in [0.2, 0.25) is 0 Å². The fourth-order valence-corrected chi connectivity index (χ4v) is 4.90. The lowest BCUT2D eigenvalue weighted by Gasteiger charge is -2.12. The second kappa shape index (κ2) is 11.9. The van der Waals surface area contributed by atoms with Gasteiger partial charge < -0.3 is 20.3 Å². The third kappa shape index (κ3) is 6.95. The second-order valence-corrected chi connectivity index (χ2v) is 12.3. The Bertz CT molecular complexity index is 1870. The number of nitrogens with zero attached hydrogens (tertiary/aromatic N) is 4. The predicted molar refractivity (Wildman–Crippen MR) is 153 cm³/mol. The molecule has 0 fully saturated rings. The van der Waals surface area contributed by atoms with E-state index in [1.54, 1.807) is 12.1 Å². The zero-order chi connectivity index (χ0) is 29.8. The summed E-state index contributed by atoms with van der Waals surface area (Å²) >= 11 is 0. The molecule has 15 heteroatoms. The summed E-state index contributed by atoms with van der Waals surface area (Å²) in [6.07, 6.45) is 0. The summed E-state index contributed by atoms with van der Waals surface area (Å²) in [6, 6.07) is 16.1. The molecule has 0 bridgehead atoms. The summed E-state index contributed by atoms with van der Waals surface area (Å²) in [6.45, 7) is 1.54. The van der Waals surface area contributed by atoms with Crippen LogP contribution >= 0.6 is 0 Å². The highest BCUT2D eigenvalue weighted by atomic mass is 32.2. The molecule has 0 heterocycles. The van der Waals surface area contributed by atoms with Crippen molar-refractivity contribution in [3.63, 3.8) is 0 Å². The maximum absolute atomic E-state index is 12.1. The van der Waals surface area contributed by atoms with Crippen molar-refractivity contribution in [3.05, 3.63) is 66.7 Å². The Morgan fingerprint density at radius 1 is 0.805 bits per heavy atom. The van der Waals surface area contributed by atoms with E-state index < -0.39 is 25.8 Å². The summed E-state index contributed by atoms with van der Waals surface area (Å²) in [5.41, 5.74) is 0.792. The van der Waals surface area contributed by atoms with Gasteiger partial charge in [0.1, 0.15) is 34.4 Å². The molecule has 0 saturated heterocycles. The Balaban J connectivity index is 1.76. The highest BCUT2D eigenvalue weighted by Gasteiger charge is 2.16. The standard InChI is InChI=1S/C26H25N5O8S2/c1-3-40(34,35)18-7-4-16(5-8-18)28-31-25-19-9-12-22(29-30-23-14-17(39-2)6-13-24(23)32)26(33)20(19)10-11-21(25)27-15-41(36,37)38/h4-14,27,32-33H,3,15H2,1-2H3,(H,36,37,38). The molecule has 0 amide bonds. The number of methoxy groups -OCH3 is 1. The average molecular weight is 600 g/mol. The number of azo groups is 2. The number of benzene rings is 4. The lowest BCUT2D eigenvalue weighted by molar-refractivity contribution is 0.412. The Hall–Kier alpha value is -4.60. The van der Waals surface area contributed by atoms with E-state index in [4.69, 9.17) is 4.74 Å². The van der Waals surface area contributed by atoms with Crippen molar-refractivity contribution in [2.45, 2.75) is 11.8 Å². The molecular weight excluding hydrogens is 574 g/mol. The van der Waals surface area contributed by atoms with Crippen LogP contribution in [0.25, 0.3) is 10.8 Å². The molecule has 0 aromatic heterocycles. The fraction of sp³-hybridized carbons (Fsp3) is 0.154. The van der Waals surface area contributed by atoms with Gasteiger partial charge in [-0.3, -0.25) is 4.55 Å². The van der Waals surface area contributed by atoms with E-state index in [9.17, 15) is 31.6 Å². The van der Waals surface area contributed by atoms with E-state index in [0.29, 0.717) is 16.8 Å². The summed E-state index contributed by atoms with van der Waals surface area (Å²) < 4.78 is 61.2. The van der Waals surface area contributed by atoms with Crippen LogP contribution in [0.4, 0.5) is 28.4 Å². The largest absolute Gasteiger partial charge is 0.506 e. The van der Waals surface area contributed by atoms with Crippen molar-refractivity contribution in [1.82, 2.24) is 0 Å². The molecule has 41 heavy (non-hydrogen) atoms. The van der Waals surface area contributed by atoms with Crippen LogP contribution in [0, 0.1) is 0 Å². The second-order valence-electron chi connectivity index (χ2n) is 8.55. The quantitative estimate of drug-likeness (QED) is 0.122. The molecule has 0 aliphatic rings. The zero-order valence-electron chi connectivity index (χ0n) is 21.8. The number of aromatic hydroxyl groups is 2. The molecule has 4 N–H and O–H groups in total. The van der Waals surface area contributed by atoms with Gasteiger partial charge in [-0.1, -0.05) is 6.92 Å². The Morgan fingerprint density at radius 3 is 2.15 bits per heavy atom. The topological polar surface area (TPSA) is 200 Å². The lowest BCUT2D eigenvalue weighted by Crippen LogP contribution is -2.13. The van der Waals surface area contributed by atoms with Gasteiger partial charge >= 0.3 is 0 Å². The van der Waals surface area contributed by atoms with Gasteiger partial charge in [-0.25, -0.2) is 8.42 Å². The van der Waals surface area contributed by atoms with Crippen LogP contribution in [0.5, 0.6) is 17.2 Å². The smallest absolute Gasteiger partial charge is 0.283 e. The Labute approximate surface area is 235 Å². The van der Waals surface area contributed by atoms with E-state index in [0.717, 1.165) is 0 Å². The Morgan fingerprint density at radius 2 is 1.49 bits per heavy atom. The maximum atomic E-state index is 12.1. The van der Waals surface area contributed by atoms with Crippen LogP contribution in [0.2, 0.25) is 0 Å². The number of phenolic OH excluding ortho intramolecular Hbond substituents is 2. The van der Waals surface area contributed by atoms with Crippen molar-refractivity contribution in [3.8, 4) is 17.2 Å². The van der Waals surface area contributed by atoms with Gasteiger partial charge in [-0.05, 0) is 60.7 Å². The number of sulfone groups is 1. The first-order valence-corrected chi connectivity index (χ1v) is 15.2. The fourth-order valence-electron chi connectivity index (χ4n) is 3.68. The molecule has 13 nitrogen and oxygen atoms in total. The van der Waals surface area contributed by atoms with E-state index in [1.807, 2.05) is 0 Å². The summed E-state index contributed by atoms with van der Waals surface area (Å²) in [5, 5.41) is 40.6. The molecule has 0 aliphatic heterocycles. The minimum absolute atomic E-state index is 0.0571. The van der Waals surface area contributed by atoms with Gasteiger partial charge in [0.15, 0.2) is 15.6 Å². The summed E-state index contributed by atoms with van der Waals surface area (Å²) in [4.78, 5) is 0.133. The van der Waals surface area contributed by atoms with Gasteiger partial charge in [0.05, 0.1) is 29.1 Å². The summed E-state index contributed by atoms with van der Waals surface area (Å²) in [5.74, 6) is -0.848. The molecular formula is C26H25N5O8S2. The number of hydrogen-bond acceptors (Lipinski definition) is 12. The molecule has 0 aliphatic carbocycles. The van der Waals surface area contributed by atoms with Crippen LogP contribution in [0.3, 0.4) is 0 Å². The number of nitrogens with one attached hydrogen (secondary N) is 1. The van der Waals surface area contributed by atoms with E-state index in [1.165, 1.54) is 68.6 Å². The van der Waals surface area contributed by atoms with Gasteiger partial charge in [-0.2, -0.15) is 13.5 Å². The van der Waals surface area contributed by atoms with Gasteiger partial charge in [0, 0.05) is 16.8 Å². The normalized spacial score (nSPS) is 12.4. The van der Waals surface area contributed by atoms with Crippen LogP contribution in [0.15, 0.2) is 92.1 Å². The number of phenols is 2. The third-order valence-corrected chi connectivity index (χ3v) is 8.12. The first-order chi connectivity index (χ1) is 19.4. The zero-order valence-corrected chi connectivity index (χ0v) is 23.4. The van der Waals surface area contributed by atoms with Crippen molar-refractivity contribution in [2.24, 2.45) is 20.5 Å². The van der Waals surface area contributed by atoms with Crippen molar-refractivity contribution in [2.75, 3.05) is 24.1 Å². The van der Waals surface area contributed by atoms with Crippen molar-refractivity contribution >= 4 is 59.2 Å². The molecule has 0 radical (unpaired) electrons. The molecule has 4 aromatic carbocycles. The monoisotopic (exact) mass is 599 g/mol. The minimum atomic E-state index is -4.38. The number of rotatable bonds is 10. The van der Waals surface area contributed by atoms with Crippen molar-refractivity contribution < 1.29 is 36.3 Å². The molecule has 0 spiro atoms. The Kier molecular flexibility index (Phi) is 8.51. The SMILES string of the molecule is CCS(=O)(=O)c1ccc(N=Nc2c(NCS(=O)(=O)O)ccc3c(O)c(N=Nc4cc(OC)ccc4O)ccc23)cc1. The van der Waals surface area contributed by atoms with E-state index in [-0.39, 0.29) is 50.3 Å². The van der Waals surface area contributed by atoms with E-state index >= 15 is 0 Å². The number of anilines is 1. The molecule has 214 valence electrons. The van der Waals surface area contributed by atoms with Crippen molar-refractivity contribution in [1.29, 1.82) is 0 Å². The highest BCUT2D eigenvalue weighted by Crippen LogP contribution is 2.43. The molecule has 0 saturated carbocycles. The number of fused-ring (bicyclic) bond motifs is 1. The molecule has 0 atom stereocenters.